The predicted molar refractivity (Wildman–Crippen MR) is 104 cm³/mol. The first-order valence-electron chi connectivity index (χ1n) is 8.45. The minimum absolute atomic E-state index is 0.0738. The third-order valence-corrected chi connectivity index (χ3v) is 4.96. The first kappa shape index (κ1) is 18.1. The molecule has 0 saturated heterocycles. The van der Waals surface area contributed by atoms with Crippen LogP contribution in [-0.2, 0) is 11.2 Å². The zero-order chi connectivity index (χ0) is 19.5. The van der Waals surface area contributed by atoms with E-state index in [1.54, 1.807) is 12.1 Å². The lowest BCUT2D eigenvalue weighted by Crippen LogP contribution is -2.16. The monoisotopic (exact) mass is 399 g/mol. The molecule has 0 aliphatic rings. The lowest BCUT2D eigenvalue weighted by Gasteiger charge is -2.11. The summed E-state index contributed by atoms with van der Waals surface area (Å²) in [6.45, 7) is -2.96. The number of aromatic nitrogens is 2. The van der Waals surface area contributed by atoms with E-state index in [1.807, 2.05) is 46.3 Å². The van der Waals surface area contributed by atoms with Gasteiger partial charge >= 0.3 is 6.61 Å². The smallest absolute Gasteiger partial charge is 0.387 e. The number of benzene rings is 2. The number of rotatable bonds is 6. The normalized spacial score (nSPS) is 11.1. The molecule has 0 bridgehead atoms. The number of imidazole rings is 1. The molecule has 0 aliphatic heterocycles. The molecular weight excluding hydrogens is 384 g/mol. The Hall–Kier alpha value is -3.26. The van der Waals surface area contributed by atoms with Gasteiger partial charge in [-0.2, -0.15) is 8.78 Å². The van der Waals surface area contributed by atoms with Crippen molar-refractivity contribution in [1.82, 2.24) is 9.38 Å². The molecule has 4 aromatic rings. The van der Waals surface area contributed by atoms with Crippen LogP contribution in [0.2, 0.25) is 0 Å². The van der Waals surface area contributed by atoms with Gasteiger partial charge in [-0.25, -0.2) is 4.98 Å². The molecule has 0 aliphatic carbocycles. The molecular formula is C20H15F2N3O2S. The molecule has 0 saturated carbocycles. The Morgan fingerprint density at radius 1 is 1.14 bits per heavy atom. The lowest BCUT2D eigenvalue weighted by molar-refractivity contribution is -0.115. The molecule has 4 rings (SSSR count). The number of hydrogen-bond donors (Lipinski definition) is 1. The Morgan fingerprint density at radius 3 is 2.68 bits per heavy atom. The van der Waals surface area contributed by atoms with Crippen LogP contribution in [0.5, 0.6) is 5.75 Å². The van der Waals surface area contributed by atoms with Crippen LogP contribution in [-0.4, -0.2) is 21.9 Å². The van der Waals surface area contributed by atoms with Crippen LogP contribution in [0, 0.1) is 0 Å². The zero-order valence-electron chi connectivity index (χ0n) is 14.5. The van der Waals surface area contributed by atoms with Gasteiger partial charge in [-0.3, -0.25) is 9.20 Å². The van der Waals surface area contributed by atoms with Crippen molar-refractivity contribution in [3.8, 4) is 17.0 Å². The summed E-state index contributed by atoms with van der Waals surface area (Å²) in [5.74, 6) is -0.407. The molecule has 5 nitrogen and oxygen atoms in total. The Labute approximate surface area is 163 Å². The van der Waals surface area contributed by atoms with Crippen LogP contribution < -0.4 is 10.1 Å². The summed E-state index contributed by atoms with van der Waals surface area (Å²) in [4.78, 5) is 17.8. The maximum atomic E-state index is 12.5. The molecule has 2 aromatic heterocycles. The van der Waals surface area contributed by atoms with E-state index in [9.17, 15) is 13.6 Å². The fraction of sp³-hybridized carbons (Fsp3) is 0.100. The van der Waals surface area contributed by atoms with Gasteiger partial charge in [-0.1, -0.05) is 42.5 Å². The molecule has 0 atom stereocenters. The van der Waals surface area contributed by atoms with Crippen LogP contribution >= 0.6 is 11.3 Å². The van der Waals surface area contributed by atoms with Crippen molar-refractivity contribution in [2.75, 3.05) is 5.32 Å². The highest BCUT2D eigenvalue weighted by Gasteiger charge is 2.15. The Kier molecular flexibility index (Phi) is 5.03. The summed E-state index contributed by atoms with van der Waals surface area (Å²) in [6.07, 6.45) is 1.96. The Balaban J connectivity index is 1.52. The van der Waals surface area contributed by atoms with E-state index in [0.717, 1.165) is 21.9 Å². The van der Waals surface area contributed by atoms with Crippen LogP contribution in [0.3, 0.4) is 0 Å². The highest BCUT2D eigenvalue weighted by Crippen LogP contribution is 2.27. The van der Waals surface area contributed by atoms with Crippen molar-refractivity contribution in [1.29, 1.82) is 0 Å². The number of para-hydroxylation sites is 2. The number of hydrogen-bond acceptors (Lipinski definition) is 4. The highest BCUT2D eigenvalue weighted by atomic mass is 32.1. The molecule has 1 amide bonds. The van der Waals surface area contributed by atoms with Crippen LogP contribution in [0.1, 0.15) is 5.69 Å². The predicted octanol–water partition coefficient (Wildman–Crippen LogP) is 4.85. The Morgan fingerprint density at radius 2 is 1.89 bits per heavy atom. The highest BCUT2D eigenvalue weighted by molar-refractivity contribution is 7.15. The van der Waals surface area contributed by atoms with Crippen LogP contribution in [0.4, 0.5) is 14.5 Å². The van der Waals surface area contributed by atoms with Gasteiger partial charge in [0.1, 0.15) is 5.75 Å². The number of ether oxygens (including phenoxy) is 1. The number of thiazole rings is 1. The largest absolute Gasteiger partial charge is 0.433 e. The molecule has 2 heterocycles. The minimum atomic E-state index is -2.96. The maximum Gasteiger partial charge on any atom is 0.387 e. The first-order valence-corrected chi connectivity index (χ1v) is 9.32. The number of nitrogens with zero attached hydrogens (tertiary/aromatic N) is 2. The number of fused-ring (bicyclic) bond motifs is 1. The van der Waals surface area contributed by atoms with Gasteiger partial charge < -0.3 is 10.1 Å². The van der Waals surface area contributed by atoms with Gasteiger partial charge in [0.05, 0.1) is 17.8 Å². The maximum absolute atomic E-state index is 12.5. The van der Waals surface area contributed by atoms with Crippen LogP contribution in [0.25, 0.3) is 16.2 Å². The molecule has 0 spiro atoms. The Bertz CT molecular complexity index is 1110. The van der Waals surface area contributed by atoms with E-state index in [4.69, 9.17) is 0 Å². The van der Waals surface area contributed by atoms with Gasteiger partial charge in [0.25, 0.3) is 0 Å². The first-order chi connectivity index (χ1) is 13.6. The van der Waals surface area contributed by atoms with Gasteiger partial charge in [-0.15, -0.1) is 11.3 Å². The number of nitrogens with one attached hydrogen (secondary N) is 1. The van der Waals surface area contributed by atoms with Gasteiger partial charge in [0, 0.05) is 22.8 Å². The van der Waals surface area contributed by atoms with Crippen molar-refractivity contribution in [2.24, 2.45) is 0 Å². The number of carbonyl (C=O) groups is 1. The topological polar surface area (TPSA) is 55.6 Å². The third kappa shape index (κ3) is 3.86. The summed E-state index contributed by atoms with van der Waals surface area (Å²) in [7, 11) is 0. The average Bonchev–Trinajstić information content (AvgIpc) is 3.26. The van der Waals surface area contributed by atoms with Gasteiger partial charge in [0.15, 0.2) is 4.96 Å². The number of halogens is 2. The number of alkyl halides is 2. The molecule has 28 heavy (non-hydrogen) atoms. The lowest BCUT2D eigenvalue weighted by atomic mass is 10.2. The number of amides is 1. The summed E-state index contributed by atoms with van der Waals surface area (Å²) < 4.78 is 31.3. The minimum Gasteiger partial charge on any atom is -0.433 e. The second kappa shape index (κ2) is 7.77. The second-order valence-electron chi connectivity index (χ2n) is 5.97. The SMILES string of the molecule is O=C(Cc1csc2nc(-c3ccccc3)cn12)Nc1ccccc1OC(F)F. The average molecular weight is 399 g/mol. The van der Waals surface area contributed by atoms with E-state index < -0.39 is 6.61 Å². The van der Waals surface area contributed by atoms with E-state index in [1.165, 1.54) is 23.5 Å². The van der Waals surface area contributed by atoms with E-state index >= 15 is 0 Å². The molecule has 8 heteroatoms. The van der Waals surface area contributed by atoms with Crippen molar-refractivity contribution in [2.45, 2.75) is 13.0 Å². The third-order valence-electron chi connectivity index (χ3n) is 4.07. The van der Waals surface area contributed by atoms with E-state index in [2.05, 4.69) is 15.0 Å². The van der Waals surface area contributed by atoms with Crippen molar-refractivity contribution in [3.63, 3.8) is 0 Å². The molecule has 2 aromatic carbocycles. The molecule has 142 valence electrons. The molecule has 1 N–H and O–H groups in total. The van der Waals surface area contributed by atoms with Crippen molar-refractivity contribution < 1.29 is 18.3 Å². The quantitative estimate of drug-likeness (QED) is 0.505. The molecule has 0 fully saturated rings. The zero-order valence-corrected chi connectivity index (χ0v) is 15.3. The van der Waals surface area contributed by atoms with Gasteiger partial charge in [0.2, 0.25) is 5.91 Å². The van der Waals surface area contributed by atoms with Crippen molar-refractivity contribution >= 4 is 27.9 Å². The van der Waals surface area contributed by atoms with Crippen molar-refractivity contribution in [3.05, 3.63) is 71.9 Å². The van der Waals surface area contributed by atoms with E-state index in [0.29, 0.717) is 0 Å². The summed E-state index contributed by atoms with van der Waals surface area (Å²) in [5.41, 5.74) is 2.78. The summed E-state index contributed by atoms with van der Waals surface area (Å²) >= 11 is 1.44. The summed E-state index contributed by atoms with van der Waals surface area (Å²) in [6, 6.07) is 15.9. The van der Waals surface area contributed by atoms with Crippen LogP contribution in [0.15, 0.2) is 66.2 Å². The molecule has 0 radical (unpaired) electrons. The fourth-order valence-electron chi connectivity index (χ4n) is 2.83. The second-order valence-corrected chi connectivity index (χ2v) is 6.81. The fourth-order valence-corrected chi connectivity index (χ4v) is 3.70. The van der Waals surface area contributed by atoms with Gasteiger partial charge in [-0.05, 0) is 12.1 Å². The summed E-state index contributed by atoms with van der Waals surface area (Å²) in [5, 5.41) is 4.49. The number of carbonyl (C=O) groups excluding carboxylic acids is 1. The standard InChI is InChI=1S/C20H15F2N3O2S/c21-19(22)27-17-9-5-4-8-15(17)23-18(26)10-14-12-28-20-24-16(11-25(14)20)13-6-2-1-3-7-13/h1-9,11-12,19H,10H2,(H,23,26). The number of anilines is 1. The molecule has 0 unspecified atom stereocenters. The van der Waals surface area contributed by atoms with E-state index in [-0.39, 0.29) is 23.8 Å².